The standard InChI is InChI=1S/C39H76NO10P/c1-3-5-7-9-11-13-15-17-18-19-21-22-24-26-28-30-37(41)47-32-35(33-48-51(45,46)49-34-36(40)39(43)44)50-38(42)31-29-27-25-23-20-16-14-12-10-8-6-4-2/h35-36H,3-34,40H2,1-2H3,(H,43,44)(H,45,46)/t35-,36+/m1/s1. The van der Waals surface area contributed by atoms with Gasteiger partial charge < -0.3 is 25.2 Å². The molecule has 0 radical (unpaired) electrons. The van der Waals surface area contributed by atoms with E-state index in [1.165, 1.54) is 122 Å². The van der Waals surface area contributed by atoms with Crippen LogP contribution in [0.15, 0.2) is 0 Å². The molecule has 4 N–H and O–H groups in total. The van der Waals surface area contributed by atoms with E-state index >= 15 is 0 Å². The monoisotopic (exact) mass is 750 g/mol. The van der Waals surface area contributed by atoms with Gasteiger partial charge in [0.05, 0.1) is 13.2 Å². The van der Waals surface area contributed by atoms with Crippen molar-refractivity contribution in [2.75, 3.05) is 19.8 Å². The fraction of sp³-hybridized carbons (Fsp3) is 0.923. The molecule has 1 unspecified atom stereocenters. The van der Waals surface area contributed by atoms with Gasteiger partial charge in [0.2, 0.25) is 0 Å². The average Bonchev–Trinajstić information content (AvgIpc) is 3.10. The lowest BCUT2D eigenvalue weighted by atomic mass is 10.0. The molecule has 12 heteroatoms. The Morgan fingerprint density at radius 1 is 0.529 bits per heavy atom. The second-order valence-electron chi connectivity index (χ2n) is 14.1. The van der Waals surface area contributed by atoms with E-state index in [0.717, 1.165) is 38.5 Å². The van der Waals surface area contributed by atoms with Gasteiger partial charge >= 0.3 is 25.7 Å². The van der Waals surface area contributed by atoms with E-state index in [4.69, 9.17) is 24.8 Å². The van der Waals surface area contributed by atoms with Crippen LogP contribution < -0.4 is 5.73 Å². The quantitative estimate of drug-likeness (QED) is 0.0310. The molecule has 0 amide bonds. The number of aliphatic carboxylic acids is 1. The van der Waals surface area contributed by atoms with Crippen LogP contribution in [0.2, 0.25) is 0 Å². The summed E-state index contributed by atoms with van der Waals surface area (Å²) in [5.41, 5.74) is 5.32. The van der Waals surface area contributed by atoms with E-state index in [1.54, 1.807) is 0 Å². The molecule has 3 atom stereocenters. The van der Waals surface area contributed by atoms with Gasteiger partial charge in [0.15, 0.2) is 6.10 Å². The molecule has 51 heavy (non-hydrogen) atoms. The lowest BCUT2D eigenvalue weighted by molar-refractivity contribution is -0.161. The van der Waals surface area contributed by atoms with Crippen molar-refractivity contribution in [1.29, 1.82) is 0 Å². The van der Waals surface area contributed by atoms with Gasteiger partial charge in [-0.2, -0.15) is 0 Å². The fourth-order valence-corrected chi connectivity index (χ4v) is 6.61. The predicted octanol–water partition coefficient (Wildman–Crippen LogP) is 10.3. The van der Waals surface area contributed by atoms with Crippen molar-refractivity contribution >= 4 is 25.7 Å². The van der Waals surface area contributed by atoms with E-state index in [-0.39, 0.29) is 19.4 Å². The van der Waals surface area contributed by atoms with Gasteiger partial charge in [0.25, 0.3) is 0 Å². The minimum Gasteiger partial charge on any atom is -0.480 e. The number of phosphoric ester groups is 1. The summed E-state index contributed by atoms with van der Waals surface area (Å²) in [6, 6.07) is -1.51. The molecule has 0 aromatic carbocycles. The molecule has 0 bridgehead atoms. The van der Waals surface area contributed by atoms with Crippen LogP contribution in [0.5, 0.6) is 0 Å². The van der Waals surface area contributed by atoms with E-state index < -0.39 is 51.1 Å². The zero-order valence-corrected chi connectivity index (χ0v) is 33.4. The number of phosphoric acid groups is 1. The Morgan fingerprint density at radius 2 is 0.863 bits per heavy atom. The highest BCUT2D eigenvalue weighted by molar-refractivity contribution is 7.47. The third kappa shape index (κ3) is 35.3. The summed E-state index contributed by atoms with van der Waals surface area (Å²) < 4.78 is 32.6. The minimum atomic E-state index is -4.70. The van der Waals surface area contributed by atoms with Crippen LogP contribution in [0, 0.1) is 0 Å². The zero-order chi connectivity index (χ0) is 37.8. The number of ether oxygens (including phenoxy) is 2. The van der Waals surface area contributed by atoms with Crippen molar-refractivity contribution in [3.63, 3.8) is 0 Å². The van der Waals surface area contributed by atoms with Crippen molar-refractivity contribution in [1.82, 2.24) is 0 Å². The van der Waals surface area contributed by atoms with Crippen molar-refractivity contribution in [3.05, 3.63) is 0 Å². The molecular weight excluding hydrogens is 673 g/mol. The number of hydrogen-bond donors (Lipinski definition) is 3. The second-order valence-corrected chi connectivity index (χ2v) is 15.6. The topological polar surface area (TPSA) is 172 Å². The first kappa shape index (κ1) is 49.5. The lowest BCUT2D eigenvalue weighted by Crippen LogP contribution is -2.34. The Morgan fingerprint density at radius 3 is 1.24 bits per heavy atom. The molecule has 11 nitrogen and oxygen atoms in total. The van der Waals surface area contributed by atoms with E-state index in [1.807, 2.05) is 0 Å². The number of esters is 2. The summed E-state index contributed by atoms with van der Waals surface area (Å²) >= 11 is 0. The van der Waals surface area contributed by atoms with Gasteiger partial charge in [0.1, 0.15) is 12.6 Å². The number of rotatable bonds is 39. The number of hydrogen-bond acceptors (Lipinski definition) is 9. The summed E-state index contributed by atoms with van der Waals surface area (Å²) in [5.74, 6) is -2.36. The molecule has 0 rings (SSSR count). The van der Waals surface area contributed by atoms with Gasteiger partial charge in [-0.25, -0.2) is 4.57 Å². The summed E-state index contributed by atoms with van der Waals surface area (Å²) in [4.78, 5) is 45.8. The molecule has 302 valence electrons. The zero-order valence-electron chi connectivity index (χ0n) is 32.5. The van der Waals surface area contributed by atoms with Gasteiger partial charge in [-0.1, -0.05) is 174 Å². The minimum absolute atomic E-state index is 0.168. The van der Waals surface area contributed by atoms with Gasteiger partial charge in [-0.3, -0.25) is 23.4 Å². The SMILES string of the molecule is CCCCCCCCCCCCCCCCCC(=O)OC[C@H](COP(=O)(O)OC[C@H](N)C(=O)O)OC(=O)CCCCCCCCCCCCCC. The molecule has 0 aliphatic heterocycles. The Kier molecular flexibility index (Phi) is 34.4. The van der Waals surface area contributed by atoms with Gasteiger partial charge in [-0.05, 0) is 12.8 Å². The summed E-state index contributed by atoms with van der Waals surface area (Å²) in [6.45, 7) is 2.81. The largest absolute Gasteiger partial charge is 0.480 e. The Hall–Kier alpha value is -1.52. The molecule has 0 aliphatic rings. The van der Waals surface area contributed by atoms with Crippen LogP contribution in [0.25, 0.3) is 0 Å². The highest BCUT2D eigenvalue weighted by atomic mass is 31.2. The predicted molar refractivity (Wildman–Crippen MR) is 203 cm³/mol. The maximum absolute atomic E-state index is 12.6. The van der Waals surface area contributed by atoms with Crippen LogP contribution in [0.3, 0.4) is 0 Å². The lowest BCUT2D eigenvalue weighted by Gasteiger charge is -2.20. The van der Waals surface area contributed by atoms with Crippen molar-refractivity contribution < 1.29 is 47.5 Å². The highest BCUT2D eigenvalue weighted by Crippen LogP contribution is 2.43. The highest BCUT2D eigenvalue weighted by Gasteiger charge is 2.28. The number of unbranched alkanes of at least 4 members (excludes halogenated alkanes) is 25. The van der Waals surface area contributed by atoms with E-state index in [2.05, 4.69) is 18.4 Å². The van der Waals surface area contributed by atoms with Crippen LogP contribution in [-0.2, 0) is 37.5 Å². The van der Waals surface area contributed by atoms with Crippen molar-refractivity contribution in [3.8, 4) is 0 Å². The number of carbonyl (C=O) groups is 3. The normalized spacial score (nSPS) is 13.8. The summed E-state index contributed by atoms with van der Waals surface area (Å²) in [5, 5.41) is 8.86. The molecular formula is C39H76NO10P. The Bertz CT molecular complexity index is 890. The molecule has 0 saturated carbocycles. The van der Waals surface area contributed by atoms with Gasteiger partial charge in [-0.15, -0.1) is 0 Å². The Balaban J connectivity index is 4.35. The maximum Gasteiger partial charge on any atom is 0.472 e. The molecule has 0 aromatic rings. The smallest absolute Gasteiger partial charge is 0.472 e. The van der Waals surface area contributed by atoms with Gasteiger partial charge in [0, 0.05) is 12.8 Å². The second kappa shape index (κ2) is 35.5. The van der Waals surface area contributed by atoms with Crippen LogP contribution in [0.4, 0.5) is 0 Å². The van der Waals surface area contributed by atoms with E-state index in [9.17, 15) is 23.8 Å². The number of carboxylic acid groups (broad SMARTS) is 1. The van der Waals surface area contributed by atoms with Crippen LogP contribution >= 0.6 is 7.82 Å². The summed E-state index contributed by atoms with van der Waals surface area (Å²) in [7, 11) is -4.70. The number of nitrogens with two attached hydrogens (primary N) is 1. The third-order valence-electron chi connectivity index (χ3n) is 9.11. The van der Waals surface area contributed by atoms with Crippen LogP contribution in [-0.4, -0.2) is 59.9 Å². The molecule has 0 aromatic heterocycles. The summed E-state index contributed by atoms with van der Waals surface area (Å²) in [6.07, 6.45) is 31.7. The molecule has 0 fully saturated rings. The third-order valence-corrected chi connectivity index (χ3v) is 10.1. The van der Waals surface area contributed by atoms with Crippen molar-refractivity contribution in [2.45, 2.75) is 212 Å². The first-order valence-corrected chi connectivity index (χ1v) is 22.1. The molecule has 0 aliphatic carbocycles. The fourth-order valence-electron chi connectivity index (χ4n) is 5.83. The number of carboxylic acids is 1. The van der Waals surface area contributed by atoms with Crippen LogP contribution in [0.1, 0.15) is 200 Å². The average molecular weight is 750 g/mol. The Labute approximate surface area is 310 Å². The molecule has 0 heterocycles. The van der Waals surface area contributed by atoms with Crippen molar-refractivity contribution in [2.24, 2.45) is 5.73 Å². The first-order chi connectivity index (χ1) is 24.6. The molecule has 0 saturated heterocycles. The van der Waals surface area contributed by atoms with E-state index in [0.29, 0.717) is 12.8 Å². The first-order valence-electron chi connectivity index (χ1n) is 20.6. The molecule has 0 spiro atoms. The maximum atomic E-state index is 12.6. The number of carbonyl (C=O) groups excluding carboxylic acids is 2.